The number of benzene rings is 1. The number of carbonyl (C=O) groups is 1. The van der Waals surface area contributed by atoms with Gasteiger partial charge in [-0.3, -0.25) is 4.79 Å². The molecule has 1 aliphatic heterocycles. The molecule has 25 heavy (non-hydrogen) atoms. The lowest BCUT2D eigenvalue weighted by molar-refractivity contribution is 0.0950. The molecule has 0 aromatic heterocycles. The highest BCUT2D eigenvalue weighted by molar-refractivity contribution is 7.89. The molecule has 0 spiro atoms. The Labute approximate surface area is 149 Å². The lowest BCUT2D eigenvalue weighted by atomic mass is 10.1. The van der Waals surface area contributed by atoms with Gasteiger partial charge in [0.2, 0.25) is 10.0 Å². The number of rotatable bonds is 7. The van der Waals surface area contributed by atoms with Crippen LogP contribution < -0.4 is 14.8 Å². The first-order valence-electron chi connectivity index (χ1n) is 8.46. The number of amides is 1. The highest BCUT2D eigenvalue weighted by Crippen LogP contribution is 2.27. The highest BCUT2D eigenvalue weighted by atomic mass is 32.2. The lowest BCUT2D eigenvalue weighted by Gasteiger charge is -2.20. The van der Waals surface area contributed by atoms with Gasteiger partial charge >= 0.3 is 0 Å². The second kappa shape index (κ2) is 9.05. The molecule has 1 aliphatic rings. The van der Waals surface area contributed by atoms with E-state index in [9.17, 15) is 13.2 Å². The van der Waals surface area contributed by atoms with Crippen molar-refractivity contribution in [2.45, 2.75) is 25.7 Å². The maximum atomic E-state index is 12.4. The van der Waals surface area contributed by atoms with E-state index in [1.807, 2.05) is 0 Å². The fraction of sp³-hybridized carbons (Fsp3) is 0.588. The van der Waals surface area contributed by atoms with Gasteiger partial charge in [0, 0.05) is 19.6 Å². The number of nitrogens with one attached hydrogen (secondary N) is 1. The topological polar surface area (TPSA) is 84.9 Å². The summed E-state index contributed by atoms with van der Waals surface area (Å²) in [4.78, 5) is 12.4. The monoisotopic (exact) mass is 370 g/mol. The van der Waals surface area contributed by atoms with Crippen LogP contribution >= 0.6 is 0 Å². The van der Waals surface area contributed by atoms with Crippen LogP contribution in [0.25, 0.3) is 0 Å². The second-order valence-electron chi connectivity index (χ2n) is 5.92. The Morgan fingerprint density at radius 1 is 1.08 bits per heavy atom. The molecule has 0 unspecified atom stereocenters. The van der Waals surface area contributed by atoms with E-state index in [2.05, 4.69) is 5.32 Å². The first-order chi connectivity index (χ1) is 12.0. The van der Waals surface area contributed by atoms with Crippen LogP contribution in [0.1, 0.15) is 36.0 Å². The molecule has 140 valence electrons. The Morgan fingerprint density at radius 3 is 2.16 bits per heavy atom. The summed E-state index contributed by atoms with van der Waals surface area (Å²) in [5.41, 5.74) is 0.264. The van der Waals surface area contributed by atoms with Crippen molar-refractivity contribution in [3.63, 3.8) is 0 Å². The molecular weight excluding hydrogens is 344 g/mol. The third-order valence-corrected chi connectivity index (χ3v) is 6.13. The minimum absolute atomic E-state index is 0.0405. The summed E-state index contributed by atoms with van der Waals surface area (Å²) in [6.07, 6.45) is 3.92. The molecule has 8 heteroatoms. The zero-order chi connectivity index (χ0) is 18.3. The van der Waals surface area contributed by atoms with E-state index >= 15 is 0 Å². The Balaban J connectivity index is 1.98. The molecule has 0 saturated carbocycles. The number of nitrogens with zero attached hydrogens (tertiary/aromatic N) is 1. The Kier molecular flexibility index (Phi) is 7.07. The van der Waals surface area contributed by atoms with Crippen LogP contribution in [-0.4, -0.2) is 58.2 Å². The van der Waals surface area contributed by atoms with E-state index in [0.717, 1.165) is 25.7 Å². The molecule has 1 N–H and O–H groups in total. The van der Waals surface area contributed by atoms with E-state index in [-0.39, 0.29) is 17.9 Å². The van der Waals surface area contributed by atoms with E-state index in [1.165, 1.54) is 18.5 Å². The molecule has 0 atom stereocenters. The molecule has 0 bridgehead atoms. The molecule has 0 aliphatic carbocycles. The van der Waals surface area contributed by atoms with Crippen molar-refractivity contribution in [2.24, 2.45) is 0 Å². The van der Waals surface area contributed by atoms with E-state index < -0.39 is 15.9 Å². The average molecular weight is 370 g/mol. The predicted molar refractivity (Wildman–Crippen MR) is 95.7 cm³/mol. The van der Waals surface area contributed by atoms with Crippen LogP contribution in [-0.2, 0) is 10.0 Å². The number of sulfonamides is 1. The van der Waals surface area contributed by atoms with Crippen LogP contribution in [0.2, 0.25) is 0 Å². The summed E-state index contributed by atoms with van der Waals surface area (Å²) in [6, 6.07) is 5.04. The number of carbonyl (C=O) groups excluding carboxylic acids is 1. The van der Waals surface area contributed by atoms with Crippen molar-refractivity contribution >= 4 is 15.9 Å². The fourth-order valence-corrected chi connectivity index (χ4v) is 4.34. The molecule has 1 saturated heterocycles. The third kappa shape index (κ3) is 5.09. The fourth-order valence-electron chi connectivity index (χ4n) is 2.91. The van der Waals surface area contributed by atoms with Gasteiger partial charge in [0.1, 0.15) is 17.1 Å². The van der Waals surface area contributed by atoms with E-state index in [4.69, 9.17) is 9.47 Å². The smallest absolute Gasteiger partial charge is 0.258 e. The summed E-state index contributed by atoms with van der Waals surface area (Å²) >= 11 is 0. The highest BCUT2D eigenvalue weighted by Gasteiger charge is 2.24. The van der Waals surface area contributed by atoms with Crippen LogP contribution in [0.4, 0.5) is 0 Å². The number of hydrogen-bond acceptors (Lipinski definition) is 5. The van der Waals surface area contributed by atoms with Gasteiger partial charge in [-0.05, 0) is 25.0 Å². The van der Waals surface area contributed by atoms with Gasteiger partial charge in [-0.25, -0.2) is 12.7 Å². The molecule has 7 nitrogen and oxygen atoms in total. The molecule has 1 amide bonds. The normalized spacial score (nSPS) is 16.1. The lowest BCUT2D eigenvalue weighted by Crippen LogP contribution is -2.38. The van der Waals surface area contributed by atoms with Gasteiger partial charge in [-0.1, -0.05) is 18.9 Å². The molecule has 1 fully saturated rings. The summed E-state index contributed by atoms with van der Waals surface area (Å²) in [5, 5.41) is 2.65. The van der Waals surface area contributed by atoms with Crippen molar-refractivity contribution in [1.82, 2.24) is 9.62 Å². The number of methoxy groups -OCH3 is 2. The van der Waals surface area contributed by atoms with Gasteiger partial charge in [0.25, 0.3) is 5.91 Å². The Bertz CT molecular complexity index is 660. The van der Waals surface area contributed by atoms with Gasteiger partial charge < -0.3 is 14.8 Å². The standard InChI is InChI=1S/C17H26N2O5S/c1-23-14-8-7-9-15(24-2)16(14)17(20)18-10-13-25(21,22)19-11-5-3-4-6-12-19/h7-9H,3-6,10-13H2,1-2H3,(H,18,20). The largest absolute Gasteiger partial charge is 0.496 e. The summed E-state index contributed by atoms with van der Waals surface area (Å²) in [7, 11) is -0.425. The van der Waals surface area contributed by atoms with Crippen molar-refractivity contribution in [2.75, 3.05) is 39.6 Å². The molecular formula is C17H26N2O5S. The van der Waals surface area contributed by atoms with Crippen molar-refractivity contribution in [3.8, 4) is 11.5 Å². The van der Waals surface area contributed by atoms with Gasteiger partial charge in [0.15, 0.2) is 0 Å². The minimum atomic E-state index is -3.36. The van der Waals surface area contributed by atoms with Crippen molar-refractivity contribution in [1.29, 1.82) is 0 Å². The SMILES string of the molecule is COc1cccc(OC)c1C(=O)NCCS(=O)(=O)N1CCCCCC1. The third-order valence-electron chi connectivity index (χ3n) is 4.26. The zero-order valence-electron chi connectivity index (χ0n) is 14.8. The van der Waals surface area contributed by atoms with Gasteiger partial charge in [-0.2, -0.15) is 0 Å². The van der Waals surface area contributed by atoms with Crippen LogP contribution in [0.5, 0.6) is 11.5 Å². The second-order valence-corrected chi connectivity index (χ2v) is 8.01. The quantitative estimate of drug-likeness (QED) is 0.789. The minimum Gasteiger partial charge on any atom is -0.496 e. The molecule has 2 rings (SSSR count). The van der Waals surface area contributed by atoms with Gasteiger partial charge in [0.05, 0.1) is 20.0 Å². The van der Waals surface area contributed by atoms with Crippen LogP contribution in [0.15, 0.2) is 18.2 Å². The first kappa shape index (κ1) is 19.5. The Morgan fingerprint density at radius 2 is 1.64 bits per heavy atom. The summed E-state index contributed by atoms with van der Waals surface area (Å²) in [5.74, 6) is 0.232. The number of hydrogen-bond donors (Lipinski definition) is 1. The molecule has 1 aromatic rings. The Hall–Kier alpha value is -1.80. The average Bonchev–Trinajstić information content (AvgIpc) is 2.90. The van der Waals surface area contributed by atoms with Crippen molar-refractivity contribution < 1.29 is 22.7 Å². The summed E-state index contributed by atoms with van der Waals surface area (Å²) < 4.78 is 36.8. The first-order valence-corrected chi connectivity index (χ1v) is 10.1. The van der Waals surface area contributed by atoms with Crippen molar-refractivity contribution in [3.05, 3.63) is 23.8 Å². The number of ether oxygens (including phenoxy) is 2. The summed E-state index contributed by atoms with van der Waals surface area (Å²) in [6.45, 7) is 1.17. The maximum absolute atomic E-state index is 12.4. The van der Waals surface area contributed by atoms with Crippen LogP contribution in [0, 0.1) is 0 Å². The van der Waals surface area contributed by atoms with E-state index in [0.29, 0.717) is 24.6 Å². The molecule has 1 aromatic carbocycles. The van der Waals surface area contributed by atoms with Crippen LogP contribution in [0.3, 0.4) is 0 Å². The van der Waals surface area contributed by atoms with Gasteiger partial charge in [-0.15, -0.1) is 0 Å². The predicted octanol–water partition coefficient (Wildman–Crippen LogP) is 1.64. The maximum Gasteiger partial charge on any atom is 0.258 e. The zero-order valence-corrected chi connectivity index (χ0v) is 15.6. The molecule has 1 heterocycles. The molecule has 0 radical (unpaired) electrons. The van der Waals surface area contributed by atoms with E-state index in [1.54, 1.807) is 18.2 Å².